The maximum atomic E-state index is 12.8. The first kappa shape index (κ1) is 19.4. The maximum Gasteiger partial charge on any atom is 0.243 e. The number of sulfonamides is 2. The van der Waals surface area contributed by atoms with E-state index in [1.165, 1.54) is 35.0 Å². The van der Waals surface area contributed by atoms with Gasteiger partial charge in [-0.25, -0.2) is 21.6 Å². The highest BCUT2D eigenvalue weighted by Crippen LogP contribution is 2.44. The quantitative estimate of drug-likeness (QED) is 0.806. The molecule has 1 aromatic rings. The summed E-state index contributed by atoms with van der Waals surface area (Å²) in [6.07, 6.45) is 6.08. The lowest BCUT2D eigenvalue weighted by molar-refractivity contribution is 0.288. The topological polar surface area (TPSA) is 83.6 Å². The van der Waals surface area contributed by atoms with E-state index >= 15 is 0 Å². The summed E-state index contributed by atoms with van der Waals surface area (Å²) in [6, 6.07) is 5.68. The number of fused-ring (bicyclic) bond motifs is 2. The zero-order valence-corrected chi connectivity index (χ0v) is 17.3. The average Bonchev–Trinajstić information content (AvgIpc) is 3.25. The van der Waals surface area contributed by atoms with Crippen LogP contribution in [0.15, 0.2) is 34.1 Å². The number of hydrogen-bond donors (Lipinski definition) is 1. The highest BCUT2D eigenvalue weighted by atomic mass is 32.2. The monoisotopic (exact) mass is 412 g/mol. The zero-order valence-electron chi connectivity index (χ0n) is 15.7. The lowest BCUT2D eigenvalue weighted by Gasteiger charge is -2.29. The predicted octanol–water partition coefficient (Wildman–Crippen LogP) is 2.57. The van der Waals surface area contributed by atoms with E-state index in [0.717, 1.165) is 32.1 Å². The summed E-state index contributed by atoms with van der Waals surface area (Å²) in [5.74, 6) is 1.65. The molecule has 0 aromatic heterocycles. The largest absolute Gasteiger partial charge is 0.243 e. The SMILES string of the molecule is CC1CCN(S(=O)(=O)c2ccc(S(=O)(=O)N[C@@H]3C[C@@H]4CC[C@@H]3C4)cc2)CC1. The summed E-state index contributed by atoms with van der Waals surface area (Å²) in [6.45, 7) is 3.18. The first-order valence-electron chi connectivity index (χ1n) is 9.88. The van der Waals surface area contributed by atoms with Gasteiger partial charge in [0.2, 0.25) is 20.0 Å². The van der Waals surface area contributed by atoms with Crippen LogP contribution in [0, 0.1) is 17.8 Å². The predicted molar refractivity (Wildman–Crippen MR) is 103 cm³/mol. The van der Waals surface area contributed by atoms with Crippen LogP contribution in [0.3, 0.4) is 0 Å². The molecule has 4 rings (SSSR count). The van der Waals surface area contributed by atoms with E-state index < -0.39 is 20.0 Å². The Balaban J connectivity index is 1.48. The van der Waals surface area contributed by atoms with Gasteiger partial charge in [0.25, 0.3) is 0 Å². The van der Waals surface area contributed by atoms with E-state index in [0.29, 0.717) is 30.8 Å². The second-order valence-corrected chi connectivity index (χ2v) is 12.1. The van der Waals surface area contributed by atoms with Gasteiger partial charge in [-0.3, -0.25) is 0 Å². The lowest BCUT2D eigenvalue weighted by Crippen LogP contribution is -2.38. The van der Waals surface area contributed by atoms with E-state index in [-0.39, 0.29) is 15.8 Å². The first-order valence-corrected chi connectivity index (χ1v) is 12.8. The van der Waals surface area contributed by atoms with Gasteiger partial charge in [-0.15, -0.1) is 0 Å². The molecule has 0 radical (unpaired) electrons. The van der Waals surface area contributed by atoms with Gasteiger partial charge in [-0.1, -0.05) is 13.3 Å². The molecule has 3 atom stereocenters. The van der Waals surface area contributed by atoms with Crippen LogP contribution >= 0.6 is 0 Å². The van der Waals surface area contributed by atoms with Crippen molar-refractivity contribution in [3.8, 4) is 0 Å². The van der Waals surface area contributed by atoms with Crippen molar-refractivity contribution in [2.45, 2.75) is 61.3 Å². The normalized spacial score (nSPS) is 30.0. The molecular formula is C19H28N2O4S2. The van der Waals surface area contributed by atoms with E-state index in [9.17, 15) is 16.8 Å². The van der Waals surface area contributed by atoms with Gasteiger partial charge >= 0.3 is 0 Å². The third-order valence-electron chi connectivity index (χ3n) is 6.56. The van der Waals surface area contributed by atoms with Gasteiger partial charge < -0.3 is 0 Å². The Labute approximate surface area is 162 Å². The molecular weight excluding hydrogens is 384 g/mol. The van der Waals surface area contributed by atoms with E-state index in [2.05, 4.69) is 11.6 Å². The number of rotatable bonds is 5. The van der Waals surface area contributed by atoms with Crippen molar-refractivity contribution in [2.75, 3.05) is 13.1 Å². The summed E-state index contributed by atoms with van der Waals surface area (Å²) >= 11 is 0. The fraction of sp³-hybridized carbons (Fsp3) is 0.684. The van der Waals surface area contributed by atoms with Gasteiger partial charge in [-0.05, 0) is 74.1 Å². The Bertz CT molecular complexity index is 888. The average molecular weight is 413 g/mol. The Morgan fingerprint density at radius 3 is 2.07 bits per heavy atom. The minimum Gasteiger partial charge on any atom is -0.208 e. The number of nitrogens with zero attached hydrogens (tertiary/aromatic N) is 1. The molecule has 1 saturated heterocycles. The molecule has 1 heterocycles. The second-order valence-electron chi connectivity index (χ2n) is 8.46. The van der Waals surface area contributed by atoms with Crippen LogP contribution in [0.4, 0.5) is 0 Å². The van der Waals surface area contributed by atoms with Crippen LogP contribution in [0.1, 0.15) is 45.4 Å². The van der Waals surface area contributed by atoms with E-state index in [1.807, 2.05) is 0 Å². The number of nitrogens with one attached hydrogen (secondary N) is 1. The molecule has 0 spiro atoms. The molecule has 2 bridgehead atoms. The summed E-state index contributed by atoms with van der Waals surface area (Å²) < 4.78 is 55.3. The third-order valence-corrected chi connectivity index (χ3v) is 9.98. The number of hydrogen-bond acceptors (Lipinski definition) is 4. The van der Waals surface area contributed by atoms with E-state index in [1.54, 1.807) is 0 Å². The summed E-state index contributed by atoms with van der Waals surface area (Å²) in [7, 11) is -7.18. The van der Waals surface area contributed by atoms with Crippen LogP contribution < -0.4 is 4.72 Å². The van der Waals surface area contributed by atoms with Gasteiger partial charge in [0.15, 0.2) is 0 Å². The molecule has 0 amide bonds. The van der Waals surface area contributed by atoms with Gasteiger partial charge in [0.1, 0.15) is 0 Å². The fourth-order valence-corrected chi connectivity index (χ4v) is 7.61. The van der Waals surface area contributed by atoms with Crippen molar-refractivity contribution < 1.29 is 16.8 Å². The van der Waals surface area contributed by atoms with Gasteiger partial charge in [-0.2, -0.15) is 4.31 Å². The first-order chi connectivity index (χ1) is 12.8. The summed E-state index contributed by atoms with van der Waals surface area (Å²) in [4.78, 5) is 0.299. The van der Waals surface area contributed by atoms with Crippen molar-refractivity contribution in [1.82, 2.24) is 9.03 Å². The minimum absolute atomic E-state index is 0.0208. The zero-order chi connectivity index (χ0) is 19.2. The Morgan fingerprint density at radius 2 is 1.52 bits per heavy atom. The molecule has 0 unspecified atom stereocenters. The third kappa shape index (κ3) is 3.81. The molecule has 6 nitrogen and oxygen atoms in total. The highest BCUT2D eigenvalue weighted by molar-refractivity contribution is 7.89. The van der Waals surface area contributed by atoms with Gasteiger partial charge in [0, 0.05) is 19.1 Å². The number of benzene rings is 1. The maximum absolute atomic E-state index is 12.8. The Morgan fingerprint density at radius 1 is 0.889 bits per heavy atom. The second kappa shape index (κ2) is 7.13. The van der Waals surface area contributed by atoms with Crippen molar-refractivity contribution in [1.29, 1.82) is 0 Å². The van der Waals surface area contributed by atoms with Crippen LogP contribution in [-0.2, 0) is 20.0 Å². The molecule has 3 aliphatic rings. The summed E-state index contributed by atoms with van der Waals surface area (Å²) in [5, 5.41) is 0. The summed E-state index contributed by atoms with van der Waals surface area (Å²) in [5.41, 5.74) is 0. The standard InChI is InChI=1S/C19H28N2O4S2/c1-14-8-10-21(11-9-14)27(24,25)18-6-4-17(5-7-18)26(22,23)20-19-13-15-2-3-16(19)12-15/h4-7,14-16,19-20H,2-3,8-13H2,1H3/t15-,16-,19-/m1/s1. The van der Waals surface area contributed by atoms with Crippen molar-refractivity contribution in [3.05, 3.63) is 24.3 Å². The fourth-order valence-electron chi connectivity index (χ4n) is 4.82. The van der Waals surface area contributed by atoms with Crippen LogP contribution in [0.25, 0.3) is 0 Å². The number of piperidine rings is 1. The molecule has 2 saturated carbocycles. The molecule has 27 heavy (non-hydrogen) atoms. The molecule has 3 fully saturated rings. The molecule has 1 aliphatic heterocycles. The van der Waals surface area contributed by atoms with Crippen molar-refractivity contribution in [2.24, 2.45) is 17.8 Å². The van der Waals surface area contributed by atoms with Crippen LogP contribution in [-0.4, -0.2) is 40.3 Å². The molecule has 8 heteroatoms. The van der Waals surface area contributed by atoms with Crippen LogP contribution in [0.2, 0.25) is 0 Å². The highest BCUT2D eigenvalue weighted by Gasteiger charge is 2.41. The Hall–Kier alpha value is -0.960. The van der Waals surface area contributed by atoms with E-state index in [4.69, 9.17) is 0 Å². The molecule has 1 N–H and O–H groups in total. The Kier molecular flexibility index (Phi) is 5.12. The lowest BCUT2D eigenvalue weighted by atomic mass is 9.96. The van der Waals surface area contributed by atoms with Crippen molar-refractivity contribution >= 4 is 20.0 Å². The van der Waals surface area contributed by atoms with Crippen LogP contribution in [0.5, 0.6) is 0 Å². The molecule has 1 aromatic carbocycles. The smallest absolute Gasteiger partial charge is 0.208 e. The minimum atomic E-state index is -3.62. The molecule has 150 valence electrons. The molecule has 2 aliphatic carbocycles. The van der Waals surface area contributed by atoms with Crippen molar-refractivity contribution in [3.63, 3.8) is 0 Å². The van der Waals surface area contributed by atoms with Gasteiger partial charge in [0.05, 0.1) is 9.79 Å².